The zero-order valence-corrected chi connectivity index (χ0v) is 23.8. The Balaban J connectivity index is 1.98. The third kappa shape index (κ3) is 5.76. The largest absolute Gasteiger partial charge is 0.352 e. The fourth-order valence-corrected chi connectivity index (χ4v) is 6.61. The number of likely N-dealkylation sites (tertiary alicyclic amines) is 1. The zero-order chi connectivity index (χ0) is 28.5. The summed E-state index contributed by atoms with van der Waals surface area (Å²) < 4.78 is 26.9. The number of sulfonamides is 1. The molecule has 12 heteroatoms. The van der Waals surface area contributed by atoms with Crippen LogP contribution in [0.25, 0.3) is 0 Å². The van der Waals surface area contributed by atoms with Crippen molar-refractivity contribution in [1.29, 1.82) is 0 Å². The number of hydrogen-bond donors (Lipinski definition) is 3. The Bertz CT molecular complexity index is 1170. The van der Waals surface area contributed by atoms with Crippen molar-refractivity contribution in [3.8, 4) is 0 Å². The summed E-state index contributed by atoms with van der Waals surface area (Å²) in [5.41, 5.74) is -1.14. The van der Waals surface area contributed by atoms with Crippen LogP contribution in [0.1, 0.15) is 39.7 Å². The van der Waals surface area contributed by atoms with Gasteiger partial charge in [-0.2, -0.15) is 4.31 Å². The molecule has 3 N–H and O–H groups in total. The van der Waals surface area contributed by atoms with Crippen LogP contribution in [0.5, 0.6) is 0 Å². The molecule has 0 aromatic heterocycles. The summed E-state index contributed by atoms with van der Waals surface area (Å²) in [5, 5.41) is 8.63. The second kappa shape index (κ2) is 11.1. The lowest BCUT2D eigenvalue weighted by Crippen LogP contribution is -2.61. The third-order valence-corrected chi connectivity index (χ3v) is 8.80. The predicted octanol–water partition coefficient (Wildman–Crippen LogP) is 0.331. The first-order valence-corrected chi connectivity index (χ1v) is 14.6. The van der Waals surface area contributed by atoms with E-state index in [0.29, 0.717) is 0 Å². The van der Waals surface area contributed by atoms with Crippen LogP contribution in [0.15, 0.2) is 35.3 Å². The number of hydrogen-bond acceptors (Lipinski definition) is 7. The number of nitrogens with zero attached hydrogens (tertiary/aromatic N) is 3. The van der Waals surface area contributed by atoms with Crippen molar-refractivity contribution in [3.63, 3.8) is 0 Å². The molecule has 2 aliphatic rings. The molecule has 0 radical (unpaired) electrons. The highest BCUT2D eigenvalue weighted by molar-refractivity contribution is 7.88. The lowest BCUT2D eigenvalue weighted by Gasteiger charge is -2.38. The first-order valence-electron chi connectivity index (χ1n) is 12.7. The highest BCUT2D eigenvalue weighted by atomic mass is 32.2. The summed E-state index contributed by atoms with van der Waals surface area (Å²) in [6.45, 7) is 11.2. The van der Waals surface area contributed by atoms with Crippen LogP contribution < -0.4 is 16.0 Å². The number of amides is 3. The topological polar surface area (TPSA) is 140 Å². The molecule has 1 aromatic rings. The van der Waals surface area contributed by atoms with Crippen LogP contribution in [0.2, 0.25) is 0 Å². The maximum atomic E-state index is 14.1. The molecular formula is C26H40N6O5S. The molecule has 2 saturated heterocycles. The molecule has 11 nitrogen and oxygen atoms in total. The maximum absolute atomic E-state index is 14.1. The van der Waals surface area contributed by atoms with E-state index in [1.807, 2.05) is 51.1 Å². The van der Waals surface area contributed by atoms with Gasteiger partial charge in [-0.05, 0) is 31.7 Å². The van der Waals surface area contributed by atoms with Gasteiger partial charge in [0.2, 0.25) is 27.7 Å². The average Bonchev–Trinajstić information content (AvgIpc) is 3.40. The summed E-state index contributed by atoms with van der Waals surface area (Å²) in [6, 6.07) is 7.05. The summed E-state index contributed by atoms with van der Waals surface area (Å²) in [4.78, 5) is 46.1. The van der Waals surface area contributed by atoms with Gasteiger partial charge in [-0.1, -0.05) is 51.1 Å². The fourth-order valence-electron chi connectivity index (χ4n) is 5.35. The number of carbonyl (C=O) groups is 3. The van der Waals surface area contributed by atoms with Crippen LogP contribution in [-0.4, -0.2) is 92.2 Å². The fraction of sp³-hybridized carbons (Fsp3) is 0.615. The smallest absolute Gasteiger partial charge is 0.246 e. The second-order valence-electron chi connectivity index (χ2n) is 11.2. The maximum Gasteiger partial charge on any atom is 0.246 e. The minimum absolute atomic E-state index is 0.129. The highest BCUT2D eigenvalue weighted by Crippen LogP contribution is 2.47. The van der Waals surface area contributed by atoms with Gasteiger partial charge in [-0.3, -0.25) is 19.4 Å². The van der Waals surface area contributed by atoms with E-state index in [9.17, 15) is 22.8 Å². The minimum Gasteiger partial charge on any atom is -0.352 e. The van der Waals surface area contributed by atoms with Crippen LogP contribution in [0.4, 0.5) is 0 Å². The van der Waals surface area contributed by atoms with E-state index >= 15 is 0 Å². The summed E-state index contributed by atoms with van der Waals surface area (Å²) in [7, 11) is -2.14. The van der Waals surface area contributed by atoms with E-state index in [1.54, 1.807) is 14.0 Å². The van der Waals surface area contributed by atoms with Crippen molar-refractivity contribution in [2.45, 2.75) is 64.4 Å². The molecular weight excluding hydrogens is 508 g/mol. The molecule has 3 amide bonds. The molecule has 210 valence electrons. The number of rotatable bonds is 9. The number of nitrogens with one attached hydrogen (secondary N) is 3. The number of benzene rings is 1. The Morgan fingerprint density at radius 1 is 1.21 bits per heavy atom. The number of carbonyl (C=O) groups excluding carboxylic acids is 3. The van der Waals surface area contributed by atoms with Crippen LogP contribution >= 0.6 is 0 Å². The van der Waals surface area contributed by atoms with Crippen molar-refractivity contribution in [1.82, 2.24) is 25.2 Å². The Hall–Kier alpha value is -2.83. The standard InChI is InChI=1S/C26H40N6O5S/c1-17(27-5)22(33)30-20(25(2,3)4)24(35)31-14-13-26(28-6)21(31)19(16-32(26)38(7,36)37)23(34)29-15-18-11-9-8-10-12-18/h8-12,17,19-21,27H,6,13-16H2,1-5,7H3,(H,29,34)(H,30,33)/t17-,19-,20+,21-,26+/m0/s1. The monoisotopic (exact) mass is 548 g/mol. The highest BCUT2D eigenvalue weighted by Gasteiger charge is 2.65. The Morgan fingerprint density at radius 2 is 1.84 bits per heavy atom. The summed E-state index contributed by atoms with van der Waals surface area (Å²) in [6.07, 6.45) is 1.27. The van der Waals surface area contributed by atoms with E-state index in [0.717, 1.165) is 11.8 Å². The van der Waals surface area contributed by atoms with Gasteiger partial charge in [0, 0.05) is 26.1 Å². The molecule has 0 aliphatic carbocycles. The van der Waals surface area contributed by atoms with Gasteiger partial charge in [0.05, 0.1) is 24.3 Å². The molecule has 3 rings (SSSR count). The van der Waals surface area contributed by atoms with Crippen molar-refractivity contribution in [3.05, 3.63) is 35.9 Å². The van der Waals surface area contributed by atoms with E-state index in [2.05, 4.69) is 27.7 Å². The molecule has 0 bridgehead atoms. The summed E-state index contributed by atoms with van der Waals surface area (Å²) >= 11 is 0. The molecule has 2 aliphatic heterocycles. The van der Waals surface area contributed by atoms with E-state index in [4.69, 9.17) is 0 Å². The van der Waals surface area contributed by atoms with E-state index < -0.39 is 45.1 Å². The SMILES string of the molecule is C=N[C@@]12CCN(C(=O)[C@@H](NC(=O)[C@H](C)NC)C(C)(C)C)[C@H]1[C@@H](C(=O)NCc1ccccc1)CN2S(C)(=O)=O. The Morgan fingerprint density at radius 3 is 2.37 bits per heavy atom. The van der Waals surface area contributed by atoms with Gasteiger partial charge in [0.1, 0.15) is 11.7 Å². The quantitative estimate of drug-likeness (QED) is 0.380. The molecule has 0 unspecified atom stereocenters. The van der Waals surface area contributed by atoms with E-state index in [1.165, 1.54) is 9.21 Å². The van der Waals surface area contributed by atoms with Gasteiger partial charge >= 0.3 is 0 Å². The van der Waals surface area contributed by atoms with Gasteiger partial charge < -0.3 is 20.9 Å². The number of fused-ring (bicyclic) bond motifs is 1. The minimum atomic E-state index is -3.79. The van der Waals surface area contributed by atoms with Crippen molar-refractivity contribution >= 4 is 34.5 Å². The second-order valence-corrected chi connectivity index (χ2v) is 13.1. The van der Waals surface area contributed by atoms with Crippen molar-refractivity contribution < 1.29 is 22.8 Å². The van der Waals surface area contributed by atoms with Crippen molar-refractivity contribution in [2.75, 3.05) is 26.4 Å². The van der Waals surface area contributed by atoms with Crippen LogP contribution in [0.3, 0.4) is 0 Å². The van der Waals surface area contributed by atoms with Crippen LogP contribution in [-0.2, 0) is 31.0 Å². The molecule has 5 atom stereocenters. The van der Waals surface area contributed by atoms with Crippen molar-refractivity contribution in [2.24, 2.45) is 16.3 Å². The first kappa shape index (κ1) is 29.7. The van der Waals surface area contributed by atoms with Gasteiger partial charge in [0.25, 0.3) is 0 Å². The predicted molar refractivity (Wildman–Crippen MR) is 146 cm³/mol. The van der Waals surface area contributed by atoms with E-state index in [-0.39, 0.29) is 43.8 Å². The number of aliphatic imine (C=N–C) groups is 1. The normalized spacial score (nSPS) is 25.4. The Labute approximate surface area is 225 Å². The lowest BCUT2D eigenvalue weighted by molar-refractivity contribution is -0.142. The average molecular weight is 549 g/mol. The van der Waals surface area contributed by atoms with Crippen LogP contribution in [0, 0.1) is 11.3 Å². The third-order valence-electron chi connectivity index (χ3n) is 7.54. The molecule has 1 aromatic carbocycles. The van der Waals surface area contributed by atoms with Gasteiger partial charge in [0.15, 0.2) is 0 Å². The molecule has 0 spiro atoms. The molecule has 2 fully saturated rings. The molecule has 38 heavy (non-hydrogen) atoms. The molecule has 2 heterocycles. The lowest BCUT2D eigenvalue weighted by atomic mass is 9.84. The van der Waals surface area contributed by atoms with Gasteiger partial charge in [-0.25, -0.2) is 8.42 Å². The Kier molecular flexibility index (Phi) is 8.69. The zero-order valence-electron chi connectivity index (χ0n) is 23.0. The van der Waals surface area contributed by atoms with Gasteiger partial charge in [-0.15, -0.1) is 0 Å². The number of likely N-dealkylation sites (N-methyl/N-ethyl adjacent to an activating group) is 1. The molecule has 0 saturated carbocycles. The summed E-state index contributed by atoms with van der Waals surface area (Å²) in [5.74, 6) is -1.98. The first-order chi connectivity index (χ1) is 17.7.